The summed E-state index contributed by atoms with van der Waals surface area (Å²) in [5.74, 6) is -4.60. The summed E-state index contributed by atoms with van der Waals surface area (Å²) in [6.07, 6.45) is 1.58. The van der Waals surface area contributed by atoms with E-state index in [-0.39, 0.29) is 23.4 Å². The van der Waals surface area contributed by atoms with Crippen LogP contribution in [-0.4, -0.2) is 36.0 Å². The van der Waals surface area contributed by atoms with Crippen molar-refractivity contribution < 1.29 is 23.1 Å². The number of aromatic carboxylic acids is 1. The molecule has 158 valence electrons. The highest BCUT2D eigenvalue weighted by atomic mass is 19.1. The second-order valence-electron chi connectivity index (χ2n) is 7.05. The molecule has 3 aromatic heterocycles. The van der Waals surface area contributed by atoms with E-state index in [1.165, 1.54) is 16.8 Å². The second kappa shape index (κ2) is 7.41. The number of nitrogens with zero attached hydrogens (tertiary/aromatic N) is 5. The summed E-state index contributed by atoms with van der Waals surface area (Å²) in [5.41, 5.74) is 0.722. The molecule has 3 heterocycles. The molecule has 0 unspecified atom stereocenters. The first kappa shape index (κ1) is 19.6. The van der Waals surface area contributed by atoms with E-state index < -0.39 is 29.0 Å². The lowest BCUT2D eigenvalue weighted by Crippen LogP contribution is -2.06. The van der Waals surface area contributed by atoms with Gasteiger partial charge in [0.15, 0.2) is 5.65 Å². The van der Waals surface area contributed by atoms with Gasteiger partial charge in [0, 0.05) is 28.8 Å². The smallest absolute Gasteiger partial charge is 0.341 e. The molecule has 0 amide bonds. The van der Waals surface area contributed by atoms with Gasteiger partial charge in [-0.2, -0.15) is 0 Å². The fourth-order valence-electron chi connectivity index (χ4n) is 3.47. The molecule has 0 spiro atoms. The highest BCUT2D eigenvalue weighted by Crippen LogP contribution is 2.25. The van der Waals surface area contributed by atoms with E-state index in [4.69, 9.17) is 5.11 Å². The molecule has 32 heavy (non-hydrogen) atoms. The van der Waals surface area contributed by atoms with Gasteiger partial charge in [-0.25, -0.2) is 27.6 Å². The number of carbonyl (C=O) groups is 1. The molecule has 0 bridgehead atoms. The van der Waals surface area contributed by atoms with Crippen LogP contribution < -0.4 is 0 Å². The lowest BCUT2D eigenvalue weighted by Gasteiger charge is -2.08. The highest BCUT2D eigenvalue weighted by Gasteiger charge is 2.19. The minimum Gasteiger partial charge on any atom is -0.477 e. The molecule has 0 aliphatic carbocycles. The van der Waals surface area contributed by atoms with Crippen LogP contribution in [0.4, 0.5) is 13.2 Å². The molecule has 0 radical (unpaired) electrons. The summed E-state index contributed by atoms with van der Waals surface area (Å²) in [7, 11) is 0. The van der Waals surface area contributed by atoms with Crippen LogP contribution in [0.3, 0.4) is 0 Å². The Hall–Kier alpha value is -4.34. The number of hydrogen-bond acceptors (Lipinski definition) is 5. The first-order valence-electron chi connectivity index (χ1n) is 9.37. The minimum atomic E-state index is -1.70. The number of rotatable bonds is 4. The summed E-state index contributed by atoms with van der Waals surface area (Å²) < 4.78 is 44.2. The van der Waals surface area contributed by atoms with E-state index in [2.05, 4.69) is 20.3 Å². The molecule has 0 aliphatic rings. The van der Waals surface area contributed by atoms with Gasteiger partial charge >= 0.3 is 5.97 Å². The minimum absolute atomic E-state index is 0.0182. The predicted molar refractivity (Wildman–Crippen MR) is 108 cm³/mol. The van der Waals surface area contributed by atoms with Crippen LogP contribution >= 0.6 is 0 Å². The average Bonchev–Trinajstić information content (AvgIpc) is 3.15. The van der Waals surface area contributed by atoms with Gasteiger partial charge in [0.1, 0.15) is 28.5 Å². The summed E-state index contributed by atoms with van der Waals surface area (Å²) in [6, 6.07) is 11.4. The molecular formula is C22H12F3N5O2. The molecule has 0 saturated carbocycles. The van der Waals surface area contributed by atoms with Crippen molar-refractivity contribution in [1.29, 1.82) is 0 Å². The van der Waals surface area contributed by atoms with E-state index in [1.54, 1.807) is 24.4 Å². The normalized spacial score (nSPS) is 11.3. The third-order valence-corrected chi connectivity index (χ3v) is 5.00. The van der Waals surface area contributed by atoms with Gasteiger partial charge in [-0.1, -0.05) is 11.3 Å². The van der Waals surface area contributed by atoms with Gasteiger partial charge in [-0.15, -0.1) is 5.10 Å². The number of hydrogen-bond donors (Lipinski definition) is 1. The molecule has 0 aliphatic heterocycles. The van der Waals surface area contributed by atoms with E-state index >= 15 is 0 Å². The fraction of sp³-hybridized carbons (Fsp3) is 0.0455. The summed E-state index contributed by atoms with van der Waals surface area (Å²) >= 11 is 0. The van der Waals surface area contributed by atoms with E-state index in [9.17, 15) is 18.0 Å². The number of fused-ring (bicyclic) bond motifs is 2. The zero-order valence-corrected chi connectivity index (χ0v) is 16.1. The zero-order valence-electron chi connectivity index (χ0n) is 16.1. The van der Waals surface area contributed by atoms with Crippen molar-refractivity contribution in [1.82, 2.24) is 25.0 Å². The van der Waals surface area contributed by atoms with E-state index in [1.807, 2.05) is 6.07 Å². The fourth-order valence-corrected chi connectivity index (χ4v) is 3.47. The molecule has 0 saturated heterocycles. The van der Waals surface area contributed by atoms with Crippen molar-refractivity contribution in [3.8, 4) is 11.3 Å². The lowest BCUT2D eigenvalue weighted by molar-refractivity contribution is 0.0686. The summed E-state index contributed by atoms with van der Waals surface area (Å²) in [6.45, 7) is 0.0182. The second-order valence-corrected chi connectivity index (χ2v) is 7.05. The first-order valence-corrected chi connectivity index (χ1v) is 9.37. The van der Waals surface area contributed by atoms with Gasteiger partial charge < -0.3 is 5.11 Å². The van der Waals surface area contributed by atoms with Crippen molar-refractivity contribution in [2.75, 3.05) is 0 Å². The third-order valence-electron chi connectivity index (χ3n) is 5.00. The average molecular weight is 435 g/mol. The summed E-state index contributed by atoms with van der Waals surface area (Å²) in [4.78, 5) is 19.5. The van der Waals surface area contributed by atoms with Crippen LogP contribution in [0.1, 0.15) is 15.9 Å². The molecule has 10 heteroatoms. The maximum absolute atomic E-state index is 14.6. The van der Waals surface area contributed by atoms with Crippen molar-refractivity contribution >= 4 is 28.0 Å². The third kappa shape index (κ3) is 3.31. The number of aromatic nitrogens is 5. The van der Waals surface area contributed by atoms with Crippen LogP contribution in [0.2, 0.25) is 0 Å². The Labute approximate surface area is 177 Å². The van der Waals surface area contributed by atoms with Crippen molar-refractivity contribution in [3.05, 3.63) is 83.3 Å². The Morgan fingerprint density at radius 2 is 1.75 bits per heavy atom. The first-order chi connectivity index (χ1) is 15.4. The van der Waals surface area contributed by atoms with Gasteiger partial charge in [0.05, 0.1) is 17.8 Å². The van der Waals surface area contributed by atoms with Gasteiger partial charge in [-0.05, 0) is 36.4 Å². The molecule has 1 N–H and O–H groups in total. The Morgan fingerprint density at radius 1 is 0.969 bits per heavy atom. The van der Waals surface area contributed by atoms with E-state index in [0.29, 0.717) is 16.6 Å². The molecule has 5 rings (SSSR count). The molecule has 2 aromatic carbocycles. The molecule has 7 nitrogen and oxygen atoms in total. The molecule has 0 atom stereocenters. The molecular weight excluding hydrogens is 423 g/mol. The largest absolute Gasteiger partial charge is 0.477 e. The number of carboxylic acids is 1. The Balaban J connectivity index is 1.57. The van der Waals surface area contributed by atoms with E-state index in [0.717, 1.165) is 17.5 Å². The standard InChI is InChI=1S/C22H12F3N5O2/c23-14-9-19-11(2-1-5-26-19)6-13(14)10-30-21-18(28-29-30)4-3-17(27-21)12-7-15(24)20(22(31)32)16(25)8-12/h1-9H,10H2,(H,31,32). The quantitative estimate of drug-likeness (QED) is 0.455. The SMILES string of the molecule is O=C(O)c1c(F)cc(-c2ccc3nnn(Cc4cc5cccnc5cc4F)c3n2)cc1F. The molecule has 0 fully saturated rings. The van der Waals surface area contributed by atoms with Crippen molar-refractivity contribution in [2.45, 2.75) is 6.54 Å². The number of pyridine rings is 2. The Kier molecular flexibility index (Phi) is 4.54. The van der Waals surface area contributed by atoms with Crippen LogP contribution in [0.15, 0.2) is 54.7 Å². The monoisotopic (exact) mass is 435 g/mol. The number of halogens is 3. The highest BCUT2D eigenvalue weighted by molar-refractivity contribution is 5.89. The Bertz CT molecular complexity index is 1510. The number of carboxylic acid groups (broad SMARTS) is 1. The maximum Gasteiger partial charge on any atom is 0.341 e. The van der Waals surface area contributed by atoms with Crippen molar-refractivity contribution in [2.24, 2.45) is 0 Å². The number of benzene rings is 2. The van der Waals surface area contributed by atoms with Crippen LogP contribution in [-0.2, 0) is 6.54 Å². The predicted octanol–water partition coefficient (Wildman–Crippen LogP) is 4.21. The van der Waals surface area contributed by atoms with Crippen molar-refractivity contribution in [3.63, 3.8) is 0 Å². The van der Waals surface area contributed by atoms with Gasteiger partial charge in [0.25, 0.3) is 0 Å². The molecule has 5 aromatic rings. The zero-order chi connectivity index (χ0) is 22.4. The van der Waals surface area contributed by atoms with Gasteiger partial charge in [0.2, 0.25) is 0 Å². The Morgan fingerprint density at radius 3 is 2.50 bits per heavy atom. The van der Waals surface area contributed by atoms with Gasteiger partial charge in [-0.3, -0.25) is 4.98 Å². The topological polar surface area (TPSA) is 93.8 Å². The summed E-state index contributed by atoms with van der Waals surface area (Å²) in [5, 5.41) is 17.7. The van der Waals surface area contributed by atoms with Crippen LogP contribution in [0.5, 0.6) is 0 Å². The lowest BCUT2D eigenvalue weighted by atomic mass is 10.1. The maximum atomic E-state index is 14.6. The van der Waals surface area contributed by atoms with Crippen LogP contribution in [0.25, 0.3) is 33.3 Å². The van der Waals surface area contributed by atoms with Crippen LogP contribution in [0, 0.1) is 17.5 Å².